The monoisotopic (exact) mass is 332 g/mol. The van der Waals surface area contributed by atoms with Crippen LogP contribution in [-0.2, 0) is 4.79 Å². The average Bonchev–Trinajstić information content (AvgIpc) is 2.58. The van der Waals surface area contributed by atoms with Crippen molar-refractivity contribution in [3.63, 3.8) is 0 Å². The summed E-state index contributed by atoms with van der Waals surface area (Å²) in [5.74, 6) is -2.63. The van der Waals surface area contributed by atoms with Gasteiger partial charge in [-0.1, -0.05) is 23.2 Å². The minimum absolute atomic E-state index is 0.00962. The van der Waals surface area contributed by atoms with E-state index in [4.69, 9.17) is 23.2 Å². The van der Waals surface area contributed by atoms with Crippen LogP contribution in [0.15, 0.2) is 0 Å². The van der Waals surface area contributed by atoms with E-state index in [1.165, 1.54) is 0 Å². The van der Waals surface area contributed by atoms with Gasteiger partial charge in [0.05, 0.1) is 11.6 Å². The molecule has 0 saturated carbocycles. The molecule has 0 radical (unpaired) electrons. The minimum atomic E-state index is -5.01. The molecule has 2 N–H and O–H groups in total. The molecule has 1 unspecified atom stereocenters. The van der Waals surface area contributed by atoms with Gasteiger partial charge in [-0.3, -0.25) is 9.59 Å². The molecule has 4 nitrogen and oxygen atoms in total. The lowest BCUT2D eigenvalue weighted by atomic mass is 10.0. The Labute approximate surface area is 118 Å². The summed E-state index contributed by atoms with van der Waals surface area (Å²) in [6.07, 6.45) is -5.01. The number of alkyl halides is 3. The molecule has 10 heteroatoms. The number of carbonyl (C=O) groups is 2. The molecule has 2 amide bonds. The van der Waals surface area contributed by atoms with Crippen LogP contribution in [0.4, 0.5) is 13.2 Å². The van der Waals surface area contributed by atoms with E-state index in [0.29, 0.717) is 0 Å². The highest BCUT2D eigenvalue weighted by molar-refractivity contribution is 7.20. The lowest BCUT2D eigenvalue weighted by Crippen LogP contribution is -2.46. The fourth-order valence-corrected chi connectivity index (χ4v) is 3.47. The first-order valence-electron chi connectivity index (χ1n) is 4.85. The molecule has 0 bridgehead atoms. The lowest BCUT2D eigenvalue weighted by Gasteiger charge is -2.25. The van der Waals surface area contributed by atoms with Gasteiger partial charge in [-0.15, -0.1) is 11.3 Å². The van der Waals surface area contributed by atoms with E-state index < -0.39 is 24.0 Å². The van der Waals surface area contributed by atoms with Gasteiger partial charge in [-0.05, 0) is 0 Å². The predicted molar refractivity (Wildman–Crippen MR) is 63.6 cm³/mol. The molecule has 104 valence electrons. The zero-order chi connectivity index (χ0) is 14.4. The molecule has 0 spiro atoms. The van der Waals surface area contributed by atoms with Crippen molar-refractivity contribution in [3.05, 3.63) is 19.8 Å². The van der Waals surface area contributed by atoms with Crippen LogP contribution in [0, 0.1) is 0 Å². The van der Waals surface area contributed by atoms with Gasteiger partial charge in [-0.25, -0.2) is 0 Å². The van der Waals surface area contributed by atoms with E-state index in [9.17, 15) is 22.8 Å². The molecule has 1 aliphatic rings. The van der Waals surface area contributed by atoms with Crippen LogP contribution in [-0.4, -0.2) is 24.5 Å². The highest BCUT2D eigenvalue weighted by Crippen LogP contribution is 2.41. The van der Waals surface area contributed by atoms with Gasteiger partial charge in [0, 0.05) is 12.1 Å². The van der Waals surface area contributed by atoms with Crippen molar-refractivity contribution in [2.75, 3.05) is 6.54 Å². The Morgan fingerprint density at radius 3 is 2.58 bits per heavy atom. The van der Waals surface area contributed by atoms with E-state index in [1.807, 2.05) is 0 Å². The van der Waals surface area contributed by atoms with Crippen LogP contribution < -0.4 is 10.6 Å². The number of hydrogen-bond donors (Lipinski definition) is 2. The molecule has 0 fully saturated rings. The summed E-state index contributed by atoms with van der Waals surface area (Å²) in [6, 6.07) is -1.06. The van der Waals surface area contributed by atoms with Crippen molar-refractivity contribution in [2.24, 2.45) is 0 Å². The molecule has 0 saturated heterocycles. The maximum Gasteiger partial charge on any atom is 0.471 e. The summed E-state index contributed by atoms with van der Waals surface area (Å²) < 4.78 is 36.8. The number of halogens is 5. The SMILES string of the molecule is O=C1NCC(NC(=O)C(F)(F)F)c2c(Cl)sc(Cl)c21. The summed E-state index contributed by atoms with van der Waals surface area (Å²) in [7, 11) is 0. The number of hydrogen-bond acceptors (Lipinski definition) is 3. The number of carbonyl (C=O) groups excluding carboxylic acids is 2. The molecule has 1 atom stereocenters. The van der Waals surface area contributed by atoms with E-state index in [2.05, 4.69) is 5.32 Å². The Morgan fingerprint density at radius 1 is 1.37 bits per heavy atom. The fraction of sp³-hybridized carbons (Fsp3) is 0.333. The van der Waals surface area contributed by atoms with Crippen molar-refractivity contribution in [3.8, 4) is 0 Å². The van der Waals surface area contributed by atoms with Crippen molar-refractivity contribution in [2.45, 2.75) is 12.2 Å². The lowest BCUT2D eigenvalue weighted by molar-refractivity contribution is -0.174. The topological polar surface area (TPSA) is 58.2 Å². The highest BCUT2D eigenvalue weighted by atomic mass is 35.5. The number of rotatable bonds is 1. The largest absolute Gasteiger partial charge is 0.471 e. The normalized spacial score (nSPS) is 18.8. The van der Waals surface area contributed by atoms with Gasteiger partial charge in [0.15, 0.2) is 0 Å². The summed E-state index contributed by atoms with van der Waals surface area (Å²) in [5.41, 5.74) is 0.133. The van der Waals surface area contributed by atoms with Gasteiger partial charge in [0.2, 0.25) is 0 Å². The van der Waals surface area contributed by atoms with Crippen molar-refractivity contribution < 1.29 is 22.8 Å². The van der Waals surface area contributed by atoms with Gasteiger partial charge >= 0.3 is 12.1 Å². The van der Waals surface area contributed by atoms with E-state index in [0.717, 1.165) is 11.3 Å². The standard InChI is InChI=1S/C9H5Cl2F3N2O2S/c10-5-3-2(16-8(18)9(12,13)14)1-15-7(17)4(3)6(11)19-5/h2H,1H2,(H,15,17)(H,16,18). The molecule has 2 heterocycles. The summed E-state index contributed by atoms with van der Waals surface area (Å²) in [4.78, 5) is 22.5. The second kappa shape index (κ2) is 4.84. The van der Waals surface area contributed by atoms with Crippen molar-refractivity contribution in [1.82, 2.24) is 10.6 Å². The Morgan fingerprint density at radius 2 is 2.00 bits per heavy atom. The second-order valence-corrected chi connectivity index (χ2v) is 5.90. The number of amides is 2. The summed E-state index contributed by atoms with van der Waals surface area (Å²) in [5, 5.41) is 4.12. The van der Waals surface area contributed by atoms with Gasteiger partial charge < -0.3 is 10.6 Å². The van der Waals surface area contributed by atoms with E-state index in [1.54, 1.807) is 5.32 Å². The van der Waals surface area contributed by atoms with Crippen LogP contribution in [0.25, 0.3) is 0 Å². The van der Waals surface area contributed by atoms with Crippen LogP contribution in [0.3, 0.4) is 0 Å². The fourth-order valence-electron chi connectivity index (χ4n) is 1.66. The number of nitrogens with one attached hydrogen (secondary N) is 2. The summed E-state index contributed by atoms with van der Waals surface area (Å²) in [6.45, 7) is -0.180. The first-order valence-corrected chi connectivity index (χ1v) is 6.42. The van der Waals surface area contributed by atoms with E-state index >= 15 is 0 Å². The molecule has 1 aromatic rings. The third-order valence-electron chi connectivity index (χ3n) is 2.46. The quantitative estimate of drug-likeness (QED) is 0.830. The molecular formula is C9H5Cl2F3N2O2S. The van der Waals surface area contributed by atoms with Crippen LogP contribution in [0.5, 0.6) is 0 Å². The molecular weight excluding hydrogens is 328 g/mol. The molecule has 1 aliphatic heterocycles. The maximum atomic E-state index is 12.2. The Balaban J connectivity index is 2.34. The third-order valence-corrected chi connectivity index (χ3v) is 4.10. The van der Waals surface area contributed by atoms with Gasteiger partial charge in [0.25, 0.3) is 5.91 Å². The smallest absolute Gasteiger partial charge is 0.350 e. The first kappa shape index (κ1) is 14.4. The maximum absolute atomic E-state index is 12.2. The first-order chi connectivity index (χ1) is 8.71. The Bertz CT molecular complexity index is 558. The van der Waals surface area contributed by atoms with Crippen molar-refractivity contribution >= 4 is 46.4 Å². The second-order valence-electron chi connectivity index (χ2n) is 3.67. The average molecular weight is 333 g/mol. The molecule has 0 aliphatic carbocycles. The Kier molecular flexibility index (Phi) is 3.67. The van der Waals surface area contributed by atoms with Gasteiger partial charge in [0.1, 0.15) is 8.67 Å². The minimum Gasteiger partial charge on any atom is -0.350 e. The molecule has 1 aromatic heterocycles. The van der Waals surface area contributed by atoms with Crippen LogP contribution in [0.2, 0.25) is 8.67 Å². The van der Waals surface area contributed by atoms with E-state index in [-0.39, 0.29) is 26.3 Å². The van der Waals surface area contributed by atoms with Crippen LogP contribution in [0.1, 0.15) is 22.0 Å². The summed E-state index contributed by atoms with van der Waals surface area (Å²) >= 11 is 12.5. The Hall–Kier alpha value is -0.990. The highest BCUT2D eigenvalue weighted by Gasteiger charge is 2.42. The number of fused-ring (bicyclic) bond motifs is 1. The molecule has 0 aromatic carbocycles. The van der Waals surface area contributed by atoms with Crippen LogP contribution >= 0.6 is 34.5 Å². The molecule has 19 heavy (non-hydrogen) atoms. The van der Waals surface area contributed by atoms with Gasteiger partial charge in [-0.2, -0.15) is 13.2 Å². The third kappa shape index (κ3) is 2.65. The predicted octanol–water partition coefficient (Wildman–Crippen LogP) is 2.52. The zero-order valence-corrected chi connectivity index (χ0v) is 11.2. The van der Waals surface area contributed by atoms with Crippen molar-refractivity contribution in [1.29, 1.82) is 0 Å². The molecule has 2 rings (SSSR count). The number of thiophene rings is 1. The zero-order valence-electron chi connectivity index (χ0n) is 8.90.